The van der Waals surface area contributed by atoms with Crippen molar-refractivity contribution in [1.82, 2.24) is 10.2 Å². The standard InChI is InChI=1S/C10H18N2O/c1-12(2)10(13)8-5-6-11-9-4-3-7(8)9/h7-9,11H,3-6H2,1-2H3. The van der Waals surface area contributed by atoms with Gasteiger partial charge in [0.25, 0.3) is 0 Å². The van der Waals surface area contributed by atoms with Crippen LogP contribution in [0.4, 0.5) is 0 Å². The minimum Gasteiger partial charge on any atom is -0.349 e. The highest BCUT2D eigenvalue weighted by atomic mass is 16.2. The lowest BCUT2D eigenvalue weighted by Crippen LogP contribution is -2.55. The lowest BCUT2D eigenvalue weighted by molar-refractivity contribution is -0.138. The van der Waals surface area contributed by atoms with Gasteiger partial charge in [0.1, 0.15) is 0 Å². The van der Waals surface area contributed by atoms with Crippen molar-refractivity contribution in [2.24, 2.45) is 11.8 Å². The van der Waals surface area contributed by atoms with E-state index in [1.165, 1.54) is 12.8 Å². The number of nitrogens with zero attached hydrogens (tertiary/aromatic N) is 1. The Labute approximate surface area is 79.5 Å². The molecule has 13 heavy (non-hydrogen) atoms. The van der Waals surface area contributed by atoms with E-state index in [9.17, 15) is 4.79 Å². The van der Waals surface area contributed by atoms with E-state index in [0.717, 1.165) is 13.0 Å². The summed E-state index contributed by atoms with van der Waals surface area (Å²) >= 11 is 0. The predicted molar refractivity (Wildman–Crippen MR) is 51.3 cm³/mol. The third-order valence-corrected chi connectivity index (χ3v) is 3.46. The number of rotatable bonds is 1. The summed E-state index contributed by atoms with van der Waals surface area (Å²) in [4.78, 5) is 13.5. The highest BCUT2D eigenvalue weighted by Gasteiger charge is 2.42. The molecule has 1 heterocycles. The molecule has 2 rings (SSSR count). The molecule has 1 amide bonds. The molecule has 3 heteroatoms. The molecule has 0 radical (unpaired) electrons. The number of amides is 1. The van der Waals surface area contributed by atoms with E-state index in [2.05, 4.69) is 5.32 Å². The molecule has 2 fully saturated rings. The summed E-state index contributed by atoms with van der Waals surface area (Å²) in [6, 6.07) is 0.641. The molecule has 3 unspecified atom stereocenters. The van der Waals surface area contributed by atoms with E-state index in [1.807, 2.05) is 14.1 Å². The first kappa shape index (κ1) is 9.00. The molecule has 0 spiro atoms. The maximum absolute atomic E-state index is 11.8. The van der Waals surface area contributed by atoms with Gasteiger partial charge in [0.05, 0.1) is 0 Å². The molecule has 3 atom stereocenters. The van der Waals surface area contributed by atoms with Crippen molar-refractivity contribution in [2.45, 2.75) is 25.3 Å². The fourth-order valence-electron chi connectivity index (χ4n) is 2.54. The summed E-state index contributed by atoms with van der Waals surface area (Å²) in [5.41, 5.74) is 0. The van der Waals surface area contributed by atoms with Gasteiger partial charge in [-0.3, -0.25) is 4.79 Å². The number of piperidine rings is 1. The van der Waals surface area contributed by atoms with Crippen molar-refractivity contribution >= 4 is 5.91 Å². The zero-order valence-corrected chi connectivity index (χ0v) is 8.42. The van der Waals surface area contributed by atoms with Crippen LogP contribution in [0, 0.1) is 11.8 Å². The fraction of sp³-hybridized carbons (Fsp3) is 0.900. The molecule has 0 aromatic carbocycles. The highest BCUT2D eigenvalue weighted by Crippen LogP contribution is 2.38. The van der Waals surface area contributed by atoms with Gasteiger partial charge in [0.2, 0.25) is 5.91 Å². The van der Waals surface area contributed by atoms with Crippen LogP contribution in [0.15, 0.2) is 0 Å². The van der Waals surface area contributed by atoms with Gasteiger partial charge in [-0.1, -0.05) is 0 Å². The fourth-order valence-corrected chi connectivity index (χ4v) is 2.54. The van der Waals surface area contributed by atoms with Gasteiger partial charge in [-0.15, -0.1) is 0 Å². The Morgan fingerprint density at radius 1 is 1.31 bits per heavy atom. The zero-order valence-electron chi connectivity index (χ0n) is 8.42. The summed E-state index contributed by atoms with van der Waals surface area (Å²) in [6.07, 6.45) is 3.53. The summed E-state index contributed by atoms with van der Waals surface area (Å²) < 4.78 is 0. The summed E-state index contributed by atoms with van der Waals surface area (Å²) in [5, 5.41) is 3.47. The quantitative estimate of drug-likeness (QED) is 0.639. The first-order valence-electron chi connectivity index (χ1n) is 5.14. The Morgan fingerprint density at radius 3 is 2.62 bits per heavy atom. The van der Waals surface area contributed by atoms with Crippen molar-refractivity contribution in [2.75, 3.05) is 20.6 Å². The van der Waals surface area contributed by atoms with Crippen molar-refractivity contribution in [1.29, 1.82) is 0 Å². The molecule has 1 N–H and O–H groups in total. The number of hydrogen-bond acceptors (Lipinski definition) is 2. The Hall–Kier alpha value is -0.570. The van der Waals surface area contributed by atoms with E-state index in [1.54, 1.807) is 4.90 Å². The van der Waals surface area contributed by atoms with Crippen LogP contribution < -0.4 is 5.32 Å². The average molecular weight is 182 g/mol. The summed E-state index contributed by atoms with van der Waals surface area (Å²) in [5.74, 6) is 1.26. The minimum absolute atomic E-state index is 0.301. The lowest BCUT2D eigenvalue weighted by Gasteiger charge is -2.46. The second kappa shape index (κ2) is 3.29. The minimum atomic E-state index is 0.301. The van der Waals surface area contributed by atoms with Gasteiger partial charge < -0.3 is 10.2 Å². The Balaban J connectivity index is 2.01. The van der Waals surface area contributed by atoms with E-state index >= 15 is 0 Å². The average Bonchev–Trinajstić information content (AvgIpc) is 2.05. The SMILES string of the molecule is CN(C)C(=O)C1CCNC2CCC21. The smallest absolute Gasteiger partial charge is 0.225 e. The number of fused-ring (bicyclic) bond motifs is 1. The number of carbonyl (C=O) groups excluding carboxylic acids is 1. The van der Waals surface area contributed by atoms with Crippen LogP contribution in [-0.4, -0.2) is 37.5 Å². The molecule has 2 aliphatic rings. The third-order valence-electron chi connectivity index (χ3n) is 3.46. The molecular weight excluding hydrogens is 164 g/mol. The highest BCUT2D eigenvalue weighted by molar-refractivity contribution is 5.79. The molecule has 1 aliphatic heterocycles. The first-order valence-corrected chi connectivity index (χ1v) is 5.14. The Bertz CT molecular complexity index is 215. The van der Waals surface area contributed by atoms with Crippen molar-refractivity contribution in [3.8, 4) is 0 Å². The molecule has 3 nitrogen and oxygen atoms in total. The Kier molecular flexibility index (Phi) is 2.28. The van der Waals surface area contributed by atoms with Crippen molar-refractivity contribution in [3.05, 3.63) is 0 Å². The van der Waals surface area contributed by atoms with Gasteiger partial charge in [0.15, 0.2) is 0 Å². The number of carbonyl (C=O) groups is 1. The van der Waals surface area contributed by atoms with Gasteiger partial charge in [-0.25, -0.2) is 0 Å². The van der Waals surface area contributed by atoms with Crippen LogP contribution in [0.5, 0.6) is 0 Å². The largest absolute Gasteiger partial charge is 0.349 e. The summed E-state index contributed by atoms with van der Waals surface area (Å²) in [7, 11) is 3.72. The third kappa shape index (κ3) is 1.46. The molecule has 74 valence electrons. The van der Waals surface area contributed by atoms with E-state index in [-0.39, 0.29) is 0 Å². The second-order valence-corrected chi connectivity index (χ2v) is 4.43. The maximum atomic E-state index is 11.8. The molecule has 1 saturated heterocycles. The molecular formula is C10H18N2O. The molecule has 1 saturated carbocycles. The van der Waals surface area contributed by atoms with Crippen LogP contribution >= 0.6 is 0 Å². The Morgan fingerprint density at radius 2 is 2.08 bits per heavy atom. The van der Waals surface area contributed by atoms with Gasteiger partial charge in [-0.05, 0) is 31.7 Å². The topological polar surface area (TPSA) is 32.3 Å². The summed E-state index contributed by atoms with van der Waals surface area (Å²) in [6.45, 7) is 1.02. The van der Waals surface area contributed by atoms with E-state index in [4.69, 9.17) is 0 Å². The van der Waals surface area contributed by atoms with Crippen LogP contribution in [0.1, 0.15) is 19.3 Å². The van der Waals surface area contributed by atoms with Crippen LogP contribution in [-0.2, 0) is 4.79 Å². The molecule has 0 bridgehead atoms. The van der Waals surface area contributed by atoms with Gasteiger partial charge >= 0.3 is 0 Å². The predicted octanol–water partition coefficient (Wildman–Crippen LogP) is 0.463. The normalized spacial score (nSPS) is 37.5. The van der Waals surface area contributed by atoms with Crippen LogP contribution in [0.3, 0.4) is 0 Å². The monoisotopic (exact) mass is 182 g/mol. The first-order chi connectivity index (χ1) is 6.20. The van der Waals surface area contributed by atoms with Gasteiger partial charge in [0, 0.05) is 26.1 Å². The number of nitrogens with one attached hydrogen (secondary N) is 1. The van der Waals surface area contributed by atoms with Crippen LogP contribution in [0.2, 0.25) is 0 Å². The lowest BCUT2D eigenvalue weighted by atomic mass is 9.67. The van der Waals surface area contributed by atoms with E-state index < -0.39 is 0 Å². The maximum Gasteiger partial charge on any atom is 0.225 e. The number of hydrogen-bond donors (Lipinski definition) is 1. The molecule has 0 aromatic rings. The van der Waals surface area contributed by atoms with Crippen molar-refractivity contribution in [3.63, 3.8) is 0 Å². The molecule has 1 aliphatic carbocycles. The second-order valence-electron chi connectivity index (χ2n) is 4.43. The van der Waals surface area contributed by atoms with Crippen molar-refractivity contribution < 1.29 is 4.79 Å². The van der Waals surface area contributed by atoms with E-state index in [0.29, 0.717) is 23.8 Å². The van der Waals surface area contributed by atoms with Gasteiger partial charge in [-0.2, -0.15) is 0 Å². The molecule has 0 aromatic heterocycles. The zero-order chi connectivity index (χ0) is 9.42. The van der Waals surface area contributed by atoms with Crippen LogP contribution in [0.25, 0.3) is 0 Å².